The second-order valence-corrected chi connectivity index (χ2v) is 7.18. The fourth-order valence-corrected chi connectivity index (χ4v) is 3.55. The van der Waals surface area contributed by atoms with Crippen LogP contribution >= 0.6 is 0 Å². The number of anilines is 1. The normalized spacial score (nSPS) is 13.7. The number of ether oxygens (including phenoxy) is 3. The minimum atomic E-state index is 0.213. The number of hydrogen-bond donors (Lipinski definition) is 1. The molecule has 0 saturated carbocycles. The predicted octanol–water partition coefficient (Wildman–Crippen LogP) is 3.60. The van der Waals surface area contributed by atoms with Gasteiger partial charge in [0.05, 0.1) is 26.0 Å². The van der Waals surface area contributed by atoms with Gasteiger partial charge in [-0.1, -0.05) is 13.8 Å². The average molecular weight is 382 g/mol. The van der Waals surface area contributed by atoms with Crippen molar-refractivity contribution in [3.05, 3.63) is 30.1 Å². The number of aromatic nitrogens is 3. The first-order chi connectivity index (χ1) is 13.6. The zero-order valence-electron chi connectivity index (χ0n) is 16.8. The van der Waals surface area contributed by atoms with Gasteiger partial charge >= 0.3 is 0 Å². The standard InChI is InChI=1S/C21H26N4O3/c1-13(2)18-19-21(25(7-9-26-3)8-10-28-19)24-20(23-18)16-11-14(27-4)12-17-15(16)5-6-22-17/h5-6,11-13,22H,7-10H2,1-4H3. The highest BCUT2D eigenvalue weighted by Gasteiger charge is 2.27. The Morgan fingerprint density at radius 1 is 1.25 bits per heavy atom. The van der Waals surface area contributed by atoms with Gasteiger partial charge in [0.2, 0.25) is 0 Å². The van der Waals surface area contributed by atoms with Gasteiger partial charge in [0.25, 0.3) is 0 Å². The summed E-state index contributed by atoms with van der Waals surface area (Å²) in [7, 11) is 3.38. The third-order valence-electron chi connectivity index (χ3n) is 5.01. The molecule has 4 rings (SSSR count). The lowest BCUT2D eigenvalue weighted by Crippen LogP contribution is -2.36. The first-order valence-electron chi connectivity index (χ1n) is 9.56. The summed E-state index contributed by atoms with van der Waals surface area (Å²) >= 11 is 0. The van der Waals surface area contributed by atoms with Gasteiger partial charge < -0.3 is 24.1 Å². The number of nitrogens with one attached hydrogen (secondary N) is 1. The van der Waals surface area contributed by atoms with Gasteiger partial charge in [-0.2, -0.15) is 0 Å². The Morgan fingerprint density at radius 2 is 2.11 bits per heavy atom. The van der Waals surface area contributed by atoms with Gasteiger partial charge in [-0.3, -0.25) is 0 Å². The van der Waals surface area contributed by atoms with Crippen LogP contribution in [0.3, 0.4) is 0 Å². The van der Waals surface area contributed by atoms with E-state index < -0.39 is 0 Å². The summed E-state index contributed by atoms with van der Waals surface area (Å²) in [4.78, 5) is 15.3. The number of hydrogen-bond acceptors (Lipinski definition) is 6. The second-order valence-electron chi connectivity index (χ2n) is 7.18. The van der Waals surface area contributed by atoms with Crippen LogP contribution in [0.2, 0.25) is 0 Å². The monoisotopic (exact) mass is 382 g/mol. The maximum absolute atomic E-state index is 6.00. The fourth-order valence-electron chi connectivity index (χ4n) is 3.55. The van der Waals surface area contributed by atoms with E-state index in [1.165, 1.54) is 0 Å². The van der Waals surface area contributed by atoms with Crippen molar-refractivity contribution in [3.8, 4) is 22.9 Å². The molecule has 7 heteroatoms. The van der Waals surface area contributed by atoms with E-state index in [1.807, 2.05) is 24.4 Å². The zero-order chi connectivity index (χ0) is 19.7. The van der Waals surface area contributed by atoms with Crippen molar-refractivity contribution >= 4 is 16.7 Å². The number of H-pyrrole nitrogens is 1. The largest absolute Gasteiger partial charge is 0.497 e. The first-order valence-corrected chi connectivity index (χ1v) is 9.56. The molecule has 148 valence electrons. The molecule has 1 aliphatic rings. The first kappa shape index (κ1) is 18.6. The molecule has 1 aliphatic heterocycles. The summed E-state index contributed by atoms with van der Waals surface area (Å²) in [5.41, 5.74) is 2.86. The Labute approximate surface area is 164 Å². The van der Waals surface area contributed by atoms with Crippen molar-refractivity contribution in [2.45, 2.75) is 19.8 Å². The lowest BCUT2D eigenvalue weighted by Gasteiger charge is -2.31. The number of methoxy groups -OCH3 is 2. The summed E-state index contributed by atoms with van der Waals surface area (Å²) in [6, 6.07) is 6.01. The molecule has 2 aromatic heterocycles. The third-order valence-corrected chi connectivity index (χ3v) is 5.01. The molecule has 0 saturated heterocycles. The number of fused-ring (bicyclic) bond motifs is 2. The van der Waals surface area contributed by atoms with Gasteiger partial charge in [-0.15, -0.1) is 0 Å². The summed E-state index contributed by atoms with van der Waals surface area (Å²) < 4.78 is 16.8. The van der Waals surface area contributed by atoms with Crippen molar-refractivity contribution < 1.29 is 14.2 Å². The molecule has 0 spiro atoms. The molecule has 3 aromatic rings. The van der Waals surface area contributed by atoms with Crippen LogP contribution in [-0.4, -0.2) is 55.5 Å². The zero-order valence-corrected chi connectivity index (χ0v) is 16.8. The molecule has 0 amide bonds. The van der Waals surface area contributed by atoms with Crippen molar-refractivity contribution in [2.75, 3.05) is 45.4 Å². The molecule has 1 aromatic carbocycles. The van der Waals surface area contributed by atoms with Crippen LogP contribution in [0.5, 0.6) is 11.5 Å². The smallest absolute Gasteiger partial charge is 0.183 e. The molecular formula is C21H26N4O3. The molecule has 7 nitrogen and oxygen atoms in total. The minimum absolute atomic E-state index is 0.213. The quantitative estimate of drug-likeness (QED) is 0.702. The Balaban J connectivity index is 1.91. The molecule has 28 heavy (non-hydrogen) atoms. The van der Waals surface area contributed by atoms with E-state index in [2.05, 4.69) is 23.7 Å². The average Bonchev–Trinajstić information content (AvgIpc) is 3.19. The van der Waals surface area contributed by atoms with Gasteiger partial charge in [0, 0.05) is 42.4 Å². The highest BCUT2D eigenvalue weighted by Crippen LogP contribution is 2.39. The molecule has 0 radical (unpaired) electrons. The second kappa shape index (κ2) is 7.67. The van der Waals surface area contributed by atoms with Crippen molar-refractivity contribution in [1.82, 2.24) is 15.0 Å². The van der Waals surface area contributed by atoms with Gasteiger partial charge in [-0.25, -0.2) is 9.97 Å². The molecule has 0 aliphatic carbocycles. The molecule has 3 heterocycles. The van der Waals surface area contributed by atoms with Crippen LogP contribution in [0, 0.1) is 0 Å². The minimum Gasteiger partial charge on any atom is -0.497 e. The number of benzene rings is 1. The maximum Gasteiger partial charge on any atom is 0.183 e. The Bertz CT molecular complexity index is 983. The molecule has 0 fully saturated rings. The number of aromatic amines is 1. The summed E-state index contributed by atoms with van der Waals surface area (Å²) in [5.74, 6) is 3.28. The highest BCUT2D eigenvalue weighted by atomic mass is 16.5. The van der Waals surface area contributed by atoms with Crippen LogP contribution in [0.15, 0.2) is 24.4 Å². The van der Waals surface area contributed by atoms with Crippen LogP contribution in [0.4, 0.5) is 5.82 Å². The SMILES string of the molecule is COCCN1CCOc2c(C(C)C)nc(-c3cc(OC)cc4[nH]ccc34)nc21. The maximum atomic E-state index is 6.00. The number of nitrogens with zero attached hydrogens (tertiary/aromatic N) is 3. The van der Waals surface area contributed by atoms with Crippen molar-refractivity contribution in [1.29, 1.82) is 0 Å². The molecule has 1 N–H and O–H groups in total. The summed E-state index contributed by atoms with van der Waals surface area (Å²) in [6.07, 6.45) is 1.92. The van der Waals surface area contributed by atoms with Crippen LogP contribution in [0.25, 0.3) is 22.3 Å². The van der Waals surface area contributed by atoms with Gasteiger partial charge in [0.15, 0.2) is 17.4 Å². The van der Waals surface area contributed by atoms with Gasteiger partial charge in [0.1, 0.15) is 12.4 Å². The molecule has 0 atom stereocenters. The Kier molecular flexibility index (Phi) is 5.09. The molecular weight excluding hydrogens is 356 g/mol. The van der Waals surface area contributed by atoms with Crippen molar-refractivity contribution in [3.63, 3.8) is 0 Å². The summed E-state index contributed by atoms with van der Waals surface area (Å²) in [5, 5.41) is 1.07. The van der Waals surface area contributed by atoms with E-state index in [0.717, 1.165) is 52.6 Å². The lowest BCUT2D eigenvalue weighted by molar-refractivity contribution is 0.200. The van der Waals surface area contributed by atoms with E-state index >= 15 is 0 Å². The van der Waals surface area contributed by atoms with Crippen molar-refractivity contribution in [2.24, 2.45) is 0 Å². The van der Waals surface area contributed by atoms with Crippen LogP contribution < -0.4 is 14.4 Å². The van der Waals surface area contributed by atoms with E-state index in [4.69, 9.17) is 24.2 Å². The van der Waals surface area contributed by atoms with Crippen LogP contribution in [0.1, 0.15) is 25.5 Å². The fraction of sp³-hybridized carbons (Fsp3) is 0.429. The Morgan fingerprint density at radius 3 is 2.86 bits per heavy atom. The van der Waals surface area contributed by atoms with E-state index in [1.54, 1.807) is 14.2 Å². The summed E-state index contributed by atoms with van der Waals surface area (Å²) in [6.45, 7) is 7.06. The highest BCUT2D eigenvalue weighted by molar-refractivity contribution is 5.95. The van der Waals surface area contributed by atoms with Gasteiger partial charge in [-0.05, 0) is 18.1 Å². The predicted molar refractivity (Wildman–Crippen MR) is 110 cm³/mol. The molecule has 0 unspecified atom stereocenters. The topological polar surface area (TPSA) is 72.5 Å². The Hall–Kier alpha value is -2.80. The van der Waals surface area contributed by atoms with Crippen LogP contribution in [-0.2, 0) is 4.74 Å². The van der Waals surface area contributed by atoms with E-state index in [0.29, 0.717) is 19.0 Å². The third kappa shape index (κ3) is 3.26. The van der Waals surface area contributed by atoms with E-state index in [9.17, 15) is 0 Å². The van der Waals surface area contributed by atoms with E-state index in [-0.39, 0.29) is 5.92 Å². The lowest BCUT2D eigenvalue weighted by atomic mass is 10.1. The number of rotatable bonds is 6. The molecule has 0 bridgehead atoms.